The summed E-state index contributed by atoms with van der Waals surface area (Å²) in [7, 11) is 0. The number of aromatic carboxylic acids is 1. The second kappa shape index (κ2) is 7.32. The molecule has 156 valence electrons. The zero-order valence-electron chi connectivity index (χ0n) is 15.8. The molecule has 31 heavy (non-hydrogen) atoms. The maximum atomic E-state index is 13.1. The van der Waals surface area contributed by atoms with Gasteiger partial charge in [0.15, 0.2) is 0 Å². The van der Waals surface area contributed by atoms with Crippen LogP contribution in [0.1, 0.15) is 26.3 Å². The standard InChI is InChI=1S/C23H15F3N2O3/c24-23(25,26)15-6-7-18-14(8-15)11-19(28-18)16-9-13(12-4-2-1-3-5-12)10-17(22(30)31)20(16)21(27)29/h1-11,28H,(H2,27,29)(H,30,31). The average Bonchev–Trinajstić information content (AvgIpc) is 3.16. The quantitative estimate of drug-likeness (QED) is 0.414. The van der Waals surface area contributed by atoms with Gasteiger partial charge in [0.05, 0.1) is 16.7 Å². The summed E-state index contributed by atoms with van der Waals surface area (Å²) in [5.41, 5.74) is 6.26. The Morgan fingerprint density at radius 2 is 1.61 bits per heavy atom. The average molecular weight is 424 g/mol. The second-order valence-electron chi connectivity index (χ2n) is 6.96. The van der Waals surface area contributed by atoms with Gasteiger partial charge in [-0.3, -0.25) is 4.79 Å². The van der Waals surface area contributed by atoms with Crippen LogP contribution < -0.4 is 5.73 Å². The van der Waals surface area contributed by atoms with Crippen LogP contribution in [0.25, 0.3) is 33.3 Å². The van der Waals surface area contributed by atoms with Gasteiger partial charge in [0, 0.05) is 22.2 Å². The maximum absolute atomic E-state index is 13.1. The van der Waals surface area contributed by atoms with Crippen LogP contribution in [0.5, 0.6) is 0 Å². The Bertz CT molecular complexity index is 1330. The molecule has 0 atom stereocenters. The third-order valence-electron chi connectivity index (χ3n) is 4.96. The lowest BCUT2D eigenvalue weighted by Crippen LogP contribution is -2.18. The molecular weight excluding hydrogens is 409 g/mol. The Morgan fingerprint density at radius 3 is 2.23 bits per heavy atom. The van der Waals surface area contributed by atoms with Gasteiger partial charge in [0.2, 0.25) is 5.91 Å². The summed E-state index contributed by atoms with van der Waals surface area (Å²) in [6.45, 7) is 0. The summed E-state index contributed by atoms with van der Waals surface area (Å²) < 4.78 is 39.2. The number of H-pyrrole nitrogens is 1. The molecule has 0 radical (unpaired) electrons. The van der Waals surface area contributed by atoms with Crippen molar-refractivity contribution >= 4 is 22.8 Å². The van der Waals surface area contributed by atoms with Gasteiger partial charge in [-0.25, -0.2) is 4.79 Å². The highest BCUT2D eigenvalue weighted by Crippen LogP contribution is 2.36. The monoisotopic (exact) mass is 424 g/mol. The third-order valence-corrected chi connectivity index (χ3v) is 4.96. The molecule has 1 heterocycles. The van der Waals surface area contributed by atoms with Gasteiger partial charge < -0.3 is 15.8 Å². The fourth-order valence-corrected chi connectivity index (χ4v) is 3.54. The Morgan fingerprint density at radius 1 is 0.903 bits per heavy atom. The highest BCUT2D eigenvalue weighted by Gasteiger charge is 2.30. The Labute approximate surface area is 173 Å². The lowest BCUT2D eigenvalue weighted by molar-refractivity contribution is -0.137. The number of aromatic amines is 1. The van der Waals surface area contributed by atoms with Gasteiger partial charge in [-0.1, -0.05) is 30.3 Å². The number of nitrogens with two attached hydrogens (primary N) is 1. The minimum Gasteiger partial charge on any atom is -0.478 e. The van der Waals surface area contributed by atoms with E-state index in [1.165, 1.54) is 18.2 Å². The second-order valence-corrected chi connectivity index (χ2v) is 6.96. The number of aromatic nitrogens is 1. The molecule has 8 heteroatoms. The summed E-state index contributed by atoms with van der Waals surface area (Å²) in [5, 5.41) is 9.95. The van der Waals surface area contributed by atoms with Crippen molar-refractivity contribution in [1.29, 1.82) is 0 Å². The van der Waals surface area contributed by atoms with Crippen molar-refractivity contribution < 1.29 is 27.9 Å². The maximum Gasteiger partial charge on any atom is 0.416 e. The first-order valence-electron chi connectivity index (χ1n) is 9.12. The van der Waals surface area contributed by atoms with E-state index in [9.17, 15) is 27.9 Å². The van der Waals surface area contributed by atoms with Crippen molar-refractivity contribution in [3.63, 3.8) is 0 Å². The van der Waals surface area contributed by atoms with Crippen LogP contribution in [0.4, 0.5) is 13.2 Å². The molecular formula is C23H15F3N2O3. The molecule has 5 nitrogen and oxygen atoms in total. The zero-order chi connectivity index (χ0) is 22.3. The highest BCUT2D eigenvalue weighted by molar-refractivity contribution is 6.10. The van der Waals surface area contributed by atoms with Crippen LogP contribution in [0.2, 0.25) is 0 Å². The Kier molecular flexibility index (Phi) is 4.77. The van der Waals surface area contributed by atoms with Gasteiger partial charge in [0.1, 0.15) is 0 Å². The molecule has 0 aliphatic carbocycles. The van der Waals surface area contributed by atoms with Gasteiger partial charge in [-0.15, -0.1) is 0 Å². The number of hydrogen-bond acceptors (Lipinski definition) is 2. The van der Waals surface area contributed by atoms with Crippen molar-refractivity contribution in [3.8, 4) is 22.4 Å². The predicted octanol–water partition coefficient (Wildman–Crippen LogP) is 5.32. The van der Waals surface area contributed by atoms with E-state index in [2.05, 4.69) is 4.98 Å². The van der Waals surface area contributed by atoms with E-state index in [1.807, 2.05) is 0 Å². The molecule has 0 aliphatic rings. The number of alkyl halides is 3. The number of benzene rings is 3. The van der Waals surface area contributed by atoms with Crippen LogP contribution in [-0.2, 0) is 6.18 Å². The molecule has 1 amide bonds. The first kappa shape index (κ1) is 20.2. The number of carbonyl (C=O) groups is 2. The van der Waals surface area contributed by atoms with E-state index in [-0.39, 0.29) is 27.8 Å². The molecule has 0 spiro atoms. The number of fused-ring (bicyclic) bond motifs is 1. The SMILES string of the molecule is NC(=O)c1c(C(=O)O)cc(-c2ccccc2)cc1-c1cc2cc(C(F)(F)F)ccc2[nH]1. The van der Waals surface area contributed by atoms with Crippen molar-refractivity contribution in [1.82, 2.24) is 4.98 Å². The Hall–Kier alpha value is -4.07. The number of amides is 1. The summed E-state index contributed by atoms with van der Waals surface area (Å²) in [6.07, 6.45) is -4.51. The minimum absolute atomic E-state index is 0.191. The molecule has 1 aromatic heterocycles. The first-order valence-corrected chi connectivity index (χ1v) is 9.12. The number of halogens is 3. The molecule has 3 aromatic carbocycles. The predicted molar refractivity (Wildman–Crippen MR) is 110 cm³/mol. The minimum atomic E-state index is -4.51. The Balaban J connectivity index is 1.99. The number of carbonyl (C=O) groups excluding carboxylic acids is 1. The van der Waals surface area contributed by atoms with Gasteiger partial charge >= 0.3 is 12.1 Å². The summed E-state index contributed by atoms with van der Waals surface area (Å²) in [5.74, 6) is -2.30. The third kappa shape index (κ3) is 3.75. The fourth-order valence-electron chi connectivity index (χ4n) is 3.54. The molecule has 4 rings (SSSR count). The lowest BCUT2D eigenvalue weighted by atomic mass is 9.92. The summed E-state index contributed by atoms with van der Waals surface area (Å²) in [6, 6.07) is 16.5. The molecule has 0 saturated heterocycles. The van der Waals surface area contributed by atoms with Crippen molar-refractivity contribution in [2.45, 2.75) is 6.18 Å². The topological polar surface area (TPSA) is 96.2 Å². The molecule has 0 aliphatic heterocycles. The van der Waals surface area contributed by atoms with Crippen molar-refractivity contribution in [2.24, 2.45) is 5.73 Å². The van der Waals surface area contributed by atoms with Crippen molar-refractivity contribution in [3.05, 3.63) is 83.4 Å². The summed E-state index contributed by atoms with van der Waals surface area (Å²) in [4.78, 5) is 27.0. The molecule has 4 N–H and O–H groups in total. The normalized spacial score (nSPS) is 11.6. The van der Waals surface area contributed by atoms with Crippen LogP contribution in [0, 0.1) is 0 Å². The number of carboxylic acids is 1. The van der Waals surface area contributed by atoms with Crippen LogP contribution in [0.15, 0.2) is 66.7 Å². The zero-order valence-corrected chi connectivity index (χ0v) is 15.8. The van der Waals surface area contributed by atoms with Crippen LogP contribution in [0.3, 0.4) is 0 Å². The molecule has 0 fully saturated rings. The first-order chi connectivity index (χ1) is 14.6. The number of primary amides is 1. The van der Waals surface area contributed by atoms with E-state index in [0.29, 0.717) is 16.6 Å². The number of nitrogens with one attached hydrogen (secondary N) is 1. The summed E-state index contributed by atoms with van der Waals surface area (Å²) >= 11 is 0. The van der Waals surface area contributed by atoms with Gasteiger partial charge in [-0.2, -0.15) is 13.2 Å². The number of rotatable bonds is 4. The smallest absolute Gasteiger partial charge is 0.416 e. The van der Waals surface area contributed by atoms with Crippen LogP contribution in [-0.4, -0.2) is 22.0 Å². The van der Waals surface area contributed by atoms with Crippen molar-refractivity contribution in [2.75, 3.05) is 0 Å². The lowest BCUT2D eigenvalue weighted by Gasteiger charge is -2.12. The fraction of sp³-hybridized carbons (Fsp3) is 0.0435. The molecule has 0 saturated carbocycles. The van der Waals surface area contributed by atoms with Gasteiger partial charge in [-0.05, 0) is 47.5 Å². The van der Waals surface area contributed by atoms with Crippen LogP contribution >= 0.6 is 0 Å². The van der Waals surface area contributed by atoms with E-state index < -0.39 is 23.6 Å². The number of hydrogen-bond donors (Lipinski definition) is 3. The van der Waals surface area contributed by atoms with E-state index in [0.717, 1.165) is 12.1 Å². The van der Waals surface area contributed by atoms with Gasteiger partial charge in [0.25, 0.3) is 0 Å². The number of carboxylic acid groups (broad SMARTS) is 1. The molecule has 0 unspecified atom stereocenters. The van der Waals surface area contributed by atoms with E-state index in [4.69, 9.17) is 5.73 Å². The highest BCUT2D eigenvalue weighted by atomic mass is 19.4. The largest absolute Gasteiger partial charge is 0.478 e. The van der Waals surface area contributed by atoms with E-state index in [1.54, 1.807) is 36.4 Å². The molecule has 0 bridgehead atoms. The van der Waals surface area contributed by atoms with E-state index >= 15 is 0 Å². The molecule has 4 aromatic rings.